The molecule has 3 fully saturated rings. The number of hydrogen-bond acceptors (Lipinski definition) is 1. The lowest BCUT2D eigenvalue weighted by atomic mass is 9.84. The molecule has 0 radical (unpaired) electrons. The third kappa shape index (κ3) is 2.90. The molecule has 1 aliphatic heterocycles. The molecule has 0 amide bonds. The van der Waals surface area contributed by atoms with Gasteiger partial charge in [0.15, 0.2) is 0 Å². The Kier molecular flexibility index (Phi) is 3.91. The topological polar surface area (TPSA) is 3.24 Å². The van der Waals surface area contributed by atoms with E-state index in [9.17, 15) is 13.2 Å². The molecule has 0 unspecified atom stereocenters. The van der Waals surface area contributed by atoms with E-state index in [0.29, 0.717) is 11.6 Å². The molecule has 4 heteroatoms. The van der Waals surface area contributed by atoms with Gasteiger partial charge in [-0.15, -0.1) is 0 Å². The Morgan fingerprint density at radius 1 is 0.913 bits per heavy atom. The Labute approximate surface area is 135 Å². The SMILES string of the molecule is FC(F)(F)c1ccccc1C1CCN([C@@H]2C[C@H]3CC[C@H]2C3)CC1. The van der Waals surface area contributed by atoms with Gasteiger partial charge in [0, 0.05) is 6.04 Å². The summed E-state index contributed by atoms with van der Waals surface area (Å²) < 4.78 is 39.7. The number of halogens is 3. The average Bonchev–Trinajstić information content (AvgIpc) is 3.17. The number of hydrogen-bond donors (Lipinski definition) is 0. The highest BCUT2D eigenvalue weighted by molar-refractivity contribution is 5.33. The molecule has 0 spiro atoms. The number of alkyl halides is 3. The second-order valence-electron chi connectivity index (χ2n) is 7.64. The zero-order valence-corrected chi connectivity index (χ0v) is 13.4. The summed E-state index contributed by atoms with van der Waals surface area (Å²) in [5, 5.41) is 0. The normalized spacial score (nSPS) is 32.6. The molecule has 126 valence electrons. The first-order valence-electron chi connectivity index (χ1n) is 8.92. The van der Waals surface area contributed by atoms with Crippen LogP contribution in [0.5, 0.6) is 0 Å². The maximum Gasteiger partial charge on any atom is 0.416 e. The summed E-state index contributed by atoms with van der Waals surface area (Å²) in [5.74, 6) is 1.84. The van der Waals surface area contributed by atoms with Crippen LogP contribution in [0, 0.1) is 11.8 Å². The summed E-state index contributed by atoms with van der Waals surface area (Å²) in [6.07, 6.45) is 2.97. The molecular weight excluding hydrogens is 299 g/mol. The van der Waals surface area contributed by atoms with Crippen LogP contribution in [-0.4, -0.2) is 24.0 Å². The fourth-order valence-electron chi connectivity index (χ4n) is 5.31. The average molecular weight is 323 g/mol. The molecule has 2 saturated carbocycles. The molecule has 1 nitrogen and oxygen atoms in total. The van der Waals surface area contributed by atoms with Crippen LogP contribution in [0.15, 0.2) is 24.3 Å². The summed E-state index contributed by atoms with van der Waals surface area (Å²) in [7, 11) is 0. The van der Waals surface area contributed by atoms with Crippen LogP contribution in [-0.2, 0) is 6.18 Å². The van der Waals surface area contributed by atoms with Crippen LogP contribution in [0.4, 0.5) is 13.2 Å². The molecule has 1 aromatic rings. The van der Waals surface area contributed by atoms with Crippen LogP contribution in [0.2, 0.25) is 0 Å². The van der Waals surface area contributed by atoms with Crippen molar-refractivity contribution in [2.24, 2.45) is 11.8 Å². The van der Waals surface area contributed by atoms with E-state index in [1.807, 2.05) is 0 Å². The van der Waals surface area contributed by atoms with Crippen molar-refractivity contribution in [3.05, 3.63) is 35.4 Å². The van der Waals surface area contributed by atoms with E-state index in [-0.39, 0.29) is 5.92 Å². The van der Waals surface area contributed by atoms with Crippen molar-refractivity contribution in [2.75, 3.05) is 13.1 Å². The maximum atomic E-state index is 13.2. The van der Waals surface area contributed by atoms with Gasteiger partial charge in [-0.2, -0.15) is 13.2 Å². The minimum Gasteiger partial charge on any atom is -0.300 e. The predicted octanol–water partition coefficient (Wildman–Crippen LogP) is 5.07. The van der Waals surface area contributed by atoms with Crippen LogP contribution in [0.3, 0.4) is 0 Å². The van der Waals surface area contributed by atoms with Gasteiger partial charge in [0.2, 0.25) is 0 Å². The first kappa shape index (κ1) is 15.5. The molecule has 1 saturated heterocycles. The Balaban J connectivity index is 1.44. The lowest BCUT2D eigenvalue weighted by Crippen LogP contribution is -2.43. The maximum absolute atomic E-state index is 13.2. The van der Waals surface area contributed by atoms with E-state index in [1.54, 1.807) is 12.1 Å². The van der Waals surface area contributed by atoms with E-state index in [1.165, 1.54) is 37.8 Å². The van der Waals surface area contributed by atoms with Crippen molar-refractivity contribution in [2.45, 2.75) is 56.7 Å². The van der Waals surface area contributed by atoms with Crippen LogP contribution < -0.4 is 0 Å². The lowest BCUT2D eigenvalue weighted by Gasteiger charge is -2.40. The van der Waals surface area contributed by atoms with E-state index < -0.39 is 11.7 Å². The molecule has 1 aromatic carbocycles. The minimum atomic E-state index is -4.24. The monoisotopic (exact) mass is 323 g/mol. The fraction of sp³-hybridized carbons (Fsp3) is 0.684. The van der Waals surface area contributed by atoms with Gasteiger partial charge in [0.1, 0.15) is 0 Å². The zero-order valence-electron chi connectivity index (χ0n) is 13.4. The number of rotatable bonds is 2. The Bertz CT molecular complexity index is 560. The summed E-state index contributed by atoms with van der Waals surface area (Å²) in [6, 6.07) is 6.87. The Morgan fingerprint density at radius 3 is 2.26 bits per heavy atom. The van der Waals surface area contributed by atoms with Crippen LogP contribution in [0.25, 0.3) is 0 Å². The fourth-order valence-corrected chi connectivity index (χ4v) is 5.31. The third-order valence-electron chi connectivity index (χ3n) is 6.41. The van der Waals surface area contributed by atoms with E-state index in [0.717, 1.165) is 37.8 Å². The van der Waals surface area contributed by atoms with Gasteiger partial charge < -0.3 is 4.90 Å². The van der Waals surface area contributed by atoms with E-state index >= 15 is 0 Å². The molecule has 1 heterocycles. The van der Waals surface area contributed by atoms with Crippen molar-refractivity contribution in [1.82, 2.24) is 4.90 Å². The second kappa shape index (κ2) is 5.80. The number of piperidine rings is 1. The molecule has 2 bridgehead atoms. The number of fused-ring (bicyclic) bond motifs is 2. The van der Waals surface area contributed by atoms with Gasteiger partial charge >= 0.3 is 6.18 Å². The van der Waals surface area contributed by atoms with Crippen molar-refractivity contribution in [3.8, 4) is 0 Å². The standard InChI is InChI=1S/C19H24F3N/c20-19(21,22)17-4-2-1-3-16(17)14-7-9-23(10-8-14)18-12-13-5-6-15(18)11-13/h1-4,13-15,18H,5-12H2/t13-,15-,18+/m0/s1. The highest BCUT2D eigenvalue weighted by atomic mass is 19.4. The molecule has 23 heavy (non-hydrogen) atoms. The van der Waals surface area contributed by atoms with Gasteiger partial charge in [0.25, 0.3) is 0 Å². The second-order valence-corrected chi connectivity index (χ2v) is 7.64. The third-order valence-corrected chi connectivity index (χ3v) is 6.41. The summed E-state index contributed by atoms with van der Waals surface area (Å²) in [6.45, 7) is 1.93. The van der Waals surface area contributed by atoms with Crippen molar-refractivity contribution < 1.29 is 13.2 Å². The van der Waals surface area contributed by atoms with Gasteiger partial charge in [0.05, 0.1) is 5.56 Å². The molecule has 3 aliphatic rings. The first-order chi connectivity index (χ1) is 11.0. The number of benzene rings is 1. The van der Waals surface area contributed by atoms with E-state index in [2.05, 4.69) is 4.90 Å². The Hall–Kier alpha value is -1.03. The van der Waals surface area contributed by atoms with Gasteiger partial charge in [-0.3, -0.25) is 0 Å². The van der Waals surface area contributed by atoms with Gasteiger partial charge in [-0.1, -0.05) is 24.6 Å². The number of likely N-dealkylation sites (tertiary alicyclic amines) is 1. The highest BCUT2D eigenvalue weighted by Crippen LogP contribution is 2.48. The summed E-state index contributed by atoms with van der Waals surface area (Å²) in [4.78, 5) is 2.58. The first-order valence-corrected chi connectivity index (χ1v) is 8.92. The van der Waals surface area contributed by atoms with Crippen LogP contribution in [0.1, 0.15) is 55.6 Å². The van der Waals surface area contributed by atoms with E-state index in [4.69, 9.17) is 0 Å². The lowest BCUT2D eigenvalue weighted by molar-refractivity contribution is -0.138. The molecule has 4 rings (SSSR count). The Morgan fingerprint density at radius 2 is 1.65 bits per heavy atom. The largest absolute Gasteiger partial charge is 0.416 e. The minimum absolute atomic E-state index is 0.0580. The summed E-state index contributed by atoms with van der Waals surface area (Å²) >= 11 is 0. The molecule has 0 aromatic heterocycles. The van der Waals surface area contributed by atoms with Crippen molar-refractivity contribution in [1.29, 1.82) is 0 Å². The van der Waals surface area contributed by atoms with Crippen molar-refractivity contribution in [3.63, 3.8) is 0 Å². The smallest absolute Gasteiger partial charge is 0.300 e. The predicted molar refractivity (Wildman–Crippen MR) is 84.2 cm³/mol. The molecule has 0 N–H and O–H groups in total. The van der Waals surface area contributed by atoms with Crippen LogP contribution >= 0.6 is 0 Å². The number of nitrogens with zero attached hydrogens (tertiary/aromatic N) is 1. The zero-order chi connectivity index (χ0) is 16.0. The molecular formula is C19H24F3N. The molecule has 2 aliphatic carbocycles. The molecule has 3 atom stereocenters. The quantitative estimate of drug-likeness (QED) is 0.734. The van der Waals surface area contributed by atoms with Gasteiger partial charge in [-0.05, 0) is 74.6 Å². The van der Waals surface area contributed by atoms with Gasteiger partial charge in [-0.25, -0.2) is 0 Å². The highest BCUT2D eigenvalue weighted by Gasteiger charge is 2.43. The summed E-state index contributed by atoms with van der Waals surface area (Å²) in [5.41, 5.74) is 0.0750. The van der Waals surface area contributed by atoms with Crippen molar-refractivity contribution >= 4 is 0 Å².